The van der Waals surface area contributed by atoms with Crippen LogP contribution >= 0.6 is 0 Å². The van der Waals surface area contributed by atoms with Crippen LogP contribution in [0.4, 0.5) is 4.79 Å². The number of hydrogen-bond donors (Lipinski definition) is 2. The topological polar surface area (TPSA) is 69.6 Å². The molecule has 5 nitrogen and oxygen atoms in total. The third-order valence-electron chi connectivity index (χ3n) is 3.30. The second kappa shape index (κ2) is 7.24. The van der Waals surface area contributed by atoms with Crippen molar-refractivity contribution in [1.29, 1.82) is 0 Å². The average Bonchev–Trinajstić information content (AvgIpc) is 2.24. The van der Waals surface area contributed by atoms with Crippen LogP contribution in [-0.4, -0.2) is 41.6 Å². The highest BCUT2D eigenvalue weighted by Gasteiger charge is 2.21. The van der Waals surface area contributed by atoms with Gasteiger partial charge < -0.3 is 15.3 Å². The molecule has 2 N–H and O–H groups in total. The van der Waals surface area contributed by atoms with E-state index in [0.29, 0.717) is 19.0 Å². The van der Waals surface area contributed by atoms with Crippen molar-refractivity contribution in [3.8, 4) is 0 Å². The van der Waals surface area contributed by atoms with Gasteiger partial charge in [0, 0.05) is 19.6 Å². The van der Waals surface area contributed by atoms with Gasteiger partial charge in [0.15, 0.2) is 0 Å². The van der Waals surface area contributed by atoms with Crippen molar-refractivity contribution in [1.82, 2.24) is 10.2 Å². The number of hydrogen-bond acceptors (Lipinski definition) is 2. The number of carboxylic acids is 1. The smallest absolute Gasteiger partial charge is 0.317 e. The zero-order chi connectivity index (χ0) is 14.3. The molecule has 1 unspecified atom stereocenters. The number of nitrogens with one attached hydrogen (secondary N) is 1. The Morgan fingerprint density at radius 3 is 2.28 bits per heavy atom. The Bertz CT molecular complexity index is 284. The molecule has 2 amide bonds. The van der Waals surface area contributed by atoms with E-state index in [0.717, 1.165) is 0 Å². The number of urea groups is 1. The van der Waals surface area contributed by atoms with Crippen molar-refractivity contribution in [2.24, 2.45) is 11.3 Å². The summed E-state index contributed by atoms with van der Waals surface area (Å²) in [6, 6.07) is -0.185. The summed E-state index contributed by atoms with van der Waals surface area (Å²) >= 11 is 0. The summed E-state index contributed by atoms with van der Waals surface area (Å²) in [7, 11) is 0. The monoisotopic (exact) mass is 258 g/mol. The van der Waals surface area contributed by atoms with Crippen LogP contribution in [0.25, 0.3) is 0 Å². The Kier molecular flexibility index (Phi) is 6.73. The van der Waals surface area contributed by atoms with E-state index in [1.165, 1.54) is 4.90 Å². The lowest BCUT2D eigenvalue weighted by Crippen LogP contribution is -2.43. The Morgan fingerprint density at radius 2 is 1.89 bits per heavy atom. The first-order valence-corrected chi connectivity index (χ1v) is 6.43. The molecule has 0 bridgehead atoms. The molecule has 0 radical (unpaired) electrons. The summed E-state index contributed by atoms with van der Waals surface area (Å²) in [4.78, 5) is 23.8. The minimum absolute atomic E-state index is 0.0178. The quantitative estimate of drug-likeness (QED) is 0.767. The summed E-state index contributed by atoms with van der Waals surface area (Å²) in [5.74, 6) is -0.524. The van der Waals surface area contributed by atoms with Crippen LogP contribution in [0, 0.1) is 11.3 Å². The first kappa shape index (κ1) is 16.7. The van der Waals surface area contributed by atoms with Gasteiger partial charge in [0.1, 0.15) is 0 Å². The van der Waals surface area contributed by atoms with E-state index in [2.05, 4.69) is 33.0 Å². The van der Waals surface area contributed by atoms with E-state index in [-0.39, 0.29) is 24.4 Å². The normalized spacial score (nSPS) is 12.9. The molecule has 0 aromatic carbocycles. The molecule has 0 aromatic heterocycles. The molecule has 0 aromatic rings. The fraction of sp³-hybridized carbons (Fsp3) is 0.846. The van der Waals surface area contributed by atoms with Crippen molar-refractivity contribution in [3.63, 3.8) is 0 Å². The van der Waals surface area contributed by atoms with Crippen molar-refractivity contribution in [2.75, 3.05) is 19.6 Å². The number of carbonyl (C=O) groups is 2. The molecule has 0 spiro atoms. The van der Waals surface area contributed by atoms with E-state index in [1.54, 1.807) is 0 Å². The predicted molar refractivity (Wildman–Crippen MR) is 71.5 cm³/mol. The van der Waals surface area contributed by atoms with Crippen LogP contribution in [0.1, 0.15) is 41.0 Å². The summed E-state index contributed by atoms with van der Waals surface area (Å²) in [6.07, 6.45) is -0.0178. The van der Waals surface area contributed by atoms with E-state index in [4.69, 9.17) is 5.11 Å². The van der Waals surface area contributed by atoms with Crippen LogP contribution in [0.2, 0.25) is 0 Å². The van der Waals surface area contributed by atoms with Crippen molar-refractivity contribution < 1.29 is 14.7 Å². The van der Waals surface area contributed by atoms with Gasteiger partial charge in [0.05, 0.1) is 6.42 Å². The van der Waals surface area contributed by atoms with Gasteiger partial charge in [0.25, 0.3) is 0 Å². The Hall–Kier alpha value is -1.26. The number of carbonyl (C=O) groups excluding carboxylic acids is 1. The SMILES string of the molecule is CCN(CCC(=O)O)C(=O)NCC(C)C(C)(C)C. The summed E-state index contributed by atoms with van der Waals surface area (Å²) in [5.41, 5.74) is 0.144. The minimum Gasteiger partial charge on any atom is -0.481 e. The Balaban J connectivity index is 4.16. The molecule has 0 rings (SSSR count). The Morgan fingerprint density at radius 1 is 1.33 bits per heavy atom. The van der Waals surface area contributed by atoms with Crippen molar-refractivity contribution in [2.45, 2.75) is 41.0 Å². The van der Waals surface area contributed by atoms with Gasteiger partial charge in [-0.1, -0.05) is 27.7 Å². The van der Waals surface area contributed by atoms with Gasteiger partial charge in [-0.2, -0.15) is 0 Å². The molecule has 0 fully saturated rings. The zero-order valence-corrected chi connectivity index (χ0v) is 12.1. The highest BCUT2D eigenvalue weighted by molar-refractivity contribution is 5.75. The lowest BCUT2D eigenvalue weighted by molar-refractivity contribution is -0.137. The fourth-order valence-corrected chi connectivity index (χ4v) is 1.29. The van der Waals surface area contributed by atoms with E-state index >= 15 is 0 Å². The fourth-order valence-electron chi connectivity index (χ4n) is 1.29. The molecular formula is C13H26N2O3. The molecule has 0 heterocycles. The van der Waals surface area contributed by atoms with E-state index in [9.17, 15) is 9.59 Å². The second-order valence-corrected chi connectivity index (χ2v) is 5.68. The first-order chi connectivity index (χ1) is 8.18. The van der Waals surface area contributed by atoms with Crippen molar-refractivity contribution >= 4 is 12.0 Å². The lowest BCUT2D eigenvalue weighted by Gasteiger charge is -2.29. The van der Waals surface area contributed by atoms with Gasteiger partial charge in [-0.25, -0.2) is 4.79 Å². The van der Waals surface area contributed by atoms with Crippen LogP contribution in [0.5, 0.6) is 0 Å². The van der Waals surface area contributed by atoms with Crippen LogP contribution in [-0.2, 0) is 4.79 Å². The summed E-state index contributed by atoms with van der Waals surface area (Å²) in [6.45, 7) is 11.7. The average molecular weight is 258 g/mol. The molecule has 0 saturated heterocycles. The maximum atomic E-state index is 11.8. The third kappa shape index (κ3) is 6.47. The van der Waals surface area contributed by atoms with Gasteiger partial charge in [-0.05, 0) is 18.3 Å². The molecule has 18 heavy (non-hydrogen) atoms. The number of aliphatic carboxylic acids is 1. The van der Waals surface area contributed by atoms with E-state index < -0.39 is 5.97 Å². The number of nitrogens with zero attached hydrogens (tertiary/aromatic N) is 1. The maximum Gasteiger partial charge on any atom is 0.317 e. The van der Waals surface area contributed by atoms with E-state index in [1.807, 2.05) is 6.92 Å². The lowest BCUT2D eigenvalue weighted by atomic mass is 9.82. The molecule has 1 atom stereocenters. The minimum atomic E-state index is -0.885. The number of rotatable bonds is 6. The van der Waals surface area contributed by atoms with Gasteiger partial charge in [0.2, 0.25) is 0 Å². The highest BCUT2D eigenvalue weighted by atomic mass is 16.4. The number of amides is 2. The molecule has 0 aliphatic heterocycles. The van der Waals surface area contributed by atoms with Crippen LogP contribution in [0.3, 0.4) is 0 Å². The van der Waals surface area contributed by atoms with Gasteiger partial charge in [-0.15, -0.1) is 0 Å². The summed E-state index contributed by atoms with van der Waals surface area (Å²) < 4.78 is 0. The third-order valence-corrected chi connectivity index (χ3v) is 3.30. The molecule has 0 aliphatic rings. The van der Waals surface area contributed by atoms with Crippen LogP contribution < -0.4 is 5.32 Å². The van der Waals surface area contributed by atoms with Crippen LogP contribution in [0.15, 0.2) is 0 Å². The van der Waals surface area contributed by atoms with Gasteiger partial charge >= 0.3 is 12.0 Å². The molecular weight excluding hydrogens is 232 g/mol. The molecule has 5 heteroatoms. The largest absolute Gasteiger partial charge is 0.481 e. The predicted octanol–water partition coefficient (Wildman–Crippen LogP) is 2.17. The highest BCUT2D eigenvalue weighted by Crippen LogP contribution is 2.24. The molecule has 0 saturated carbocycles. The Labute approximate surface area is 110 Å². The molecule has 106 valence electrons. The summed E-state index contributed by atoms with van der Waals surface area (Å²) in [5, 5.41) is 11.5. The second-order valence-electron chi connectivity index (χ2n) is 5.68. The first-order valence-electron chi connectivity index (χ1n) is 6.43. The molecule has 0 aliphatic carbocycles. The van der Waals surface area contributed by atoms with Gasteiger partial charge in [-0.3, -0.25) is 4.79 Å². The number of carboxylic acid groups (broad SMARTS) is 1. The van der Waals surface area contributed by atoms with Crippen molar-refractivity contribution in [3.05, 3.63) is 0 Å². The zero-order valence-electron chi connectivity index (χ0n) is 12.1. The maximum absolute atomic E-state index is 11.8. The standard InChI is InChI=1S/C13H26N2O3/c1-6-15(8-7-11(16)17)12(18)14-9-10(2)13(3,4)5/h10H,6-9H2,1-5H3,(H,14,18)(H,16,17).